The Balaban J connectivity index is -0.000000474. The second-order valence-electron chi connectivity index (χ2n) is 6.59. The number of nitrogens with one attached hydrogen (secondary N) is 1. The molecular formula is C20H40N2O. The predicted octanol–water partition coefficient (Wildman–Crippen LogP) is 5.81. The Labute approximate surface area is 146 Å². The highest BCUT2D eigenvalue weighted by atomic mass is 16.5. The molecule has 0 aliphatic carbocycles. The van der Waals surface area contributed by atoms with Crippen molar-refractivity contribution >= 4 is 0 Å². The first-order valence-electron chi connectivity index (χ1n) is 8.58. The van der Waals surface area contributed by atoms with E-state index in [0.29, 0.717) is 5.41 Å². The fourth-order valence-corrected chi connectivity index (χ4v) is 1.88. The van der Waals surface area contributed by atoms with Gasteiger partial charge < -0.3 is 10.1 Å². The maximum atomic E-state index is 5.40. The third-order valence-electron chi connectivity index (χ3n) is 2.69. The van der Waals surface area contributed by atoms with Gasteiger partial charge >= 0.3 is 0 Å². The topological polar surface area (TPSA) is 34.1 Å². The minimum Gasteiger partial charge on any atom is -0.496 e. The molecule has 0 saturated heterocycles. The summed E-state index contributed by atoms with van der Waals surface area (Å²) in [6.45, 7) is 18.6. The van der Waals surface area contributed by atoms with Crippen LogP contribution in [0.2, 0.25) is 0 Å². The number of aromatic nitrogens is 1. The minimum atomic E-state index is 0. The Morgan fingerprint density at radius 3 is 2.22 bits per heavy atom. The maximum Gasteiger partial charge on any atom is 0.127 e. The van der Waals surface area contributed by atoms with E-state index in [4.69, 9.17) is 4.74 Å². The Morgan fingerprint density at radius 1 is 1.35 bits per heavy atom. The van der Waals surface area contributed by atoms with Gasteiger partial charge in [0.2, 0.25) is 0 Å². The van der Waals surface area contributed by atoms with Gasteiger partial charge in [-0.05, 0) is 31.4 Å². The van der Waals surface area contributed by atoms with Gasteiger partial charge in [0.05, 0.1) is 7.11 Å². The highest BCUT2D eigenvalue weighted by Gasteiger charge is 2.17. The number of hydrogen-bond acceptors (Lipinski definition) is 3. The highest BCUT2D eigenvalue weighted by molar-refractivity contribution is 5.39. The quantitative estimate of drug-likeness (QED) is 0.670. The molecule has 1 aromatic rings. The van der Waals surface area contributed by atoms with Crippen molar-refractivity contribution in [1.82, 2.24) is 10.3 Å². The van der Waals surface area contributed by atoms with Gasteiger partial charge in [-0.25, -0.2) is 0 Å². The van der Waals surface area contributed by atoms with Crippen molar-refractivity contribution in [1.29, 1.82) is 0 Å². The SMILES string of the molecule is C=CC[C@@H](NC)c1c(OC)ccnc1CC.CC.CC(C)(C)C.[HH]. The summed E-state index contributed by atoms with van der Waals surface area (Å²) in [6.07, 6.45) is 5.47. The lowest BCUT2D eigenvalue weighted by Crippen LogP contribution is -2.18. The molecule has 0 spiro atoms. The Bertz CT molecular complexity index is 400. The van der Waals surface area contributed by atoms with Gasteiger partial charge in [0, 0.05) is 24.9 Å². The standard InChI is InChI=1S/C13H20N2O.C5H12.C2H6.H2/c1-5-7-11(14-3)13-10(6-2)15-9-8-12(13)16-4;1-5(2,3)4;1-2;/h5,8-9,11,14H,1,6-7H2,2-4H3;1-4H3;1-2H3;1H/t11-;;;/m1.../s1. The molecule has 0 saturated carbocycles. The fourth-order valence-electron chi connectivity index (χ4n) is 1.88. The number of pyridine rings is 1. The number of aryl methyl sites for hydroxylation is 1. The first kappa shape index (κ1) is 23.9. The molecular weight excluding hydrogens is 284 g/mol. The number of ether oxygens (including phenoxy) is 1. The molecule has 0 amide bonds. The van der Waals surface area contributed by atoms with Crippen LogP contribution in [0.1, 0.15) is 73.6 Å². The van der Waals surface area contributed by atoms with Crippen molar-refractivity contribution in [2.45, 2.75) is 67.3 Å². The van der Waals surface area contributed by atoms with Crippen molar-refractivity contribution in [2.24, 2.45) is 5.41 Å². The number of methoxy groups -OCH3 is 1. The van der Waals surface area contributed by atoms with Gasteiger partial charge in [0.25, 0.3) is 0 Å². The summed E-state index contributed by atoms with van der Waals surface area (Å²) in [4.78, 5) is 4.40. The Morgan fingerprint density at radius 2 is 1.87 bits per heavy atom. The van der Waals surface area contributed by atoms with Crippen LogP contribution in [0.25, 0.3) is 0 Å². The van der Waals surface area contributed by atoms with Gasteiger partial charge in [-0.2, -0.15) is 0 Å². The summed E-state index contributed by atoms with van der Waals surface area (Å²) < 4.78 is 5.40. The Hall–Kier alpha value is -1.35. The van der Waals surface area contributed by atoms with E-state index < -0.39 is 0 Å². The summed E-state index contributed by atoms with van der Waals surface area (Å²) in [7, 11) is 3.64. The van der Waals surface area contributed by atoms with Crippen molar-refractivity contribution in [3.63, 3.8) is 0 Å². The number of nitrogens with zero attached hydrogens (tertiary/aromatic N) is 1. The molecule has 0 aliphatic rings. The smallest absolute Gasteiger partial charge is 0.127 e. The molecule has 1 aromatic heterocycles. The molecule has 136 valence electrons. The van der Waals surface area contributed by atoms with Crippen molar-refractivity contribution < 1.29 is 6.16 Å². The van der Waals surface area contributed by atoms with Crippen LogP contribution < -0.4 is 10.1 Å². The second-order valence-corrected chi connectivity index (χ2v) is 6.59. The van der Waals surface area contributed by atoms with Gasteiger partial charge in [-0.3, -0.25) is 4.98 Å². The van der Waals surface area contributed by atoms with Crippen LogP contribution in [0.15, 0.2) is 24.9 Å². The van der Waals surface area contributed by atoms with Crippen molar-refractivity contribution in [2.75, 3.05) is 14.2 Å². The van der Waals surface area contributed by atoms with Gasteiger partial charge in [-0.1, -0.05) is 54.5 Å². The predicted molar refractivity (Wildman–Crippen MR) is 105 cm³/mol. The van der Waals surface area contributed by atoms with E-state index in [1.807, 2.05) is 33.0 Å². The molecule has 0 bridgehead atoms. The molecule has 3 nitrogen and oxygen atoms in total. The molecule has 1 N–H and O–H groups in total. The largest absolute Gasteiger partial charge is 0.496 e. The molecule has 3 heteroatoms. The molecule has 0 radical (unpaired) electrons. The summed E-state index contributed by atoms with van der Waals surface area (Å²) >= 11 is 0. The molecule has 0 unspecified atom stereocenters. The minimum absolute atomic E-state index is 0. The fraction of sp³-hybridized carbons (Fsp3) is 0.650. The third-order valence-corrected chi connectivity index (χ3v) is 2.69. The Kier molecular flexibility index (Phi) is 13.6. The van der Waals surface area contributed by atoms with E-state index >= 15 is 0 Å². The number of hydrogen-bond donors (Lipinski definition) is 1. The molecule has 1 atom stereocenters. The van der Waals surface area contributed by atoms with Gasteiger partial charge in [0.15, 0.2) is 0 Å². The van der Waals surface area contributed by atoms with Crippen LogP contribution in [-0.2, 0) is 6.42 Å². The van der Waals surface area contributed by atoms with E-state index in [2.05, 4.69) is 51.5 Å². The average Bonchev–Trinajstić information content (AvgIpc) is 2.52. The normalized spacial score (nSPS) is 11.3. The van der Waals surface area contributed by atoms with Crippen LogP contribution >= 0.6 is 0 Å². The average molecular weight is 325 g/mol. The first-order chi connectivity index (χ1) is 10.8. The zero-order valence-electron chi connectivity index (χ0n) is 16.8. The lowest BCUT2D eigenvalue weighted by atomic mass is 9.99. The van der Waals surface area contributed by atoms with Crippen LogP contribution in [-0.4, -0.2) is 19.1 Å². The summed E-state index contributed by atoms with van der Waals surface area (Å²) in [5.74, 6) is 0.896. The molecule has 1 heterocycles. The van der Waals surface area contributed by atoms with E-state index in [-0.39, 0.29) is 7.47 Å². The molecule has 0 aromatic carbocycles. The summed E-state index contributed by atoms with van der Waals surface area (Å²) in [6, 6.07) is 2.12. The second kappa shape index (κ2) is 13.1. The van der Waals surface area contributed by atoms with Crippen LogP contribution in [0.4, 0.5) is 0 Å². The van der Waals surface area contributed by atoms with Crippen molar-refractivity contribution in [3.05, 3.63) is 36.2 Å². The van der Waals surface area contributed by atoms with E-state index in [1.54, 1.807) is 13.3 Å². The number of rotatable bonds is 6. The monoisotopic (exact) mass is 324 g/mol. The lowest BCUT2D eigenvalue weighted by molar-refractivity contribution is 0.399. The maximum absolute atomic E-state index is 5.40. The van der Waals surface area contributed by atoms with Crippen LogP contribution in [0.3, 0.4) is 0 Å². The molecule has 1 rings (SSSR count). The van der Waals surface area contributed by atoms with Gasteiger partial charge in [-0.15, -0.1) is 6.58 Å². The zero-order chi connectivity index (χ0) is 18.5. The van der Waals surface area contributed by atoms with E-state index in [1.165, 1.54) is 0 Å². The van der Waals surface area contributed by atoms with E-state index in [9.17, 15) is 0 Å². The molecule has 0 fully saturated rings. The molecule has 23 heavy (non-hydrogen) atoms. The molecule has 0 aliphatic heterocycles. The van der Waals surface area contributed by atoms with Crippen molar-refractivity contribution in [3.8, 4) is 5.75 Å². The summed E-state index contributed by atoms with van der Waals surface area (Å²) in [5, 5.41) is 3.28. The van der Waals surface area contributed by atoms with Gasteiger partial charge in [0.1, 0.15) is 5.75 Å². The third kappa shape index (κ3) is 10.9. The first-order valence-corrected chi connectivity index (χ1v) is 8.58. The zero-order valence-corrected chi connectivity index (χ0v) is 16.8. The van der Waals surface area contributed by atoms with Crippen LogP contribution in [0, 0.1) is 5.41 Å². The highest BCUT2D eigenvalue weighted by Crippen LogP contribution is 2.29. The van der Waals surface area contributed by atoms with E-state index in [0.717, 1.165) is 29.8 Å². The summed E-state index contributed by atoms with van der Waals surface area (Å²) in [5.41, 5.74) is 2.73. The van der Waals surface area contributed by atoms with Crippen LogP contribution in [0.5, 0.6) is 5.75 Å². The lowest BCUT2D eigenvalue weighted by Gasteiger charge is -2.20.